The van der Waals surface area contributed by atoms with Gasteiger partial charge in [0.2, 0.25) is 0 Å². The average Bonchev–Trinajstić information content (AvgIpc) is 2.55. The number of hydrogen-bond acceptors (Lipinski definition) is 4. The summed E-state index contributed by atoms with van der Waals surface area (Å²) in [5, 5.41) is 16.9. The van der Waals surface area contributed by atoms with E-state index >= 15 is 0 Å². The quantitative estimate of drug-likeness (QED) is 0.638. The monoisotopic (exact) mass is 398 g/mol. The van der Waals surface area contributed by atoms with Gasteiger partial charge in [-0.15, -0.1) is 0 Å². The van der Waals surface area contributed by atoms with Gasteiger partial charge in [-0.3, -0.25) is 0 Å². The van der Waals surface area contributed by atoms with Gasteiger partial charge in [-0.05, 0) is 0 Å². The zero-order valence-corrected chi connectivity index (χ0v) is 15.8. The van der Waals surface area contributed by atoms with Crippen molar-refractivity contribution in [2.24, 2.45) is 0 Å². The Balaban J connectivity index is 1.94. The topological polar surface area (TPSA) is 51.6 Å². The summed E-state index contributed by atoms with van der Waals surface area (Å²) in [7, 11) is 0. The van der Waals surface area contributed by atoms with E-state index in [-0.39, 0.29) is 0 Å². The Bertz CT molecular complexity index is 765. The Kier molecular flexibility index (Phi) is 4.20. The average molecular weight is 397 g/mol. The summed E-state index contributed by atoms with van der Waals surface area (Å²) >= 11 is -2.10. The molecule has 0 fully saturated rings. The van der Waals surface area contributed by atoms with E-state index < -0.39 is 18.4 Å². The van der Waals surface area contributed by atoms with Crippen LogP contribution in [0.15, 0.2) is 54.6 Å². The predicted molar refractivity (Wildman–Crippen MR) is 91.5 cm³/mol. The second kappa shape index (κ2) is 6.12. The van der Waals surface area contributed by atoms with Crippen LogP contribution in [-0.4, -0.2) is 38.8 Å². The van der Waals surface area contributed by atoms with Gasteiger partial charge in [0.1, 0.15) is 0 Å². The minimum atomic E-state index is -2.10. The molecular formula is C17H18N4Sn. The Hall–Kier alpha value is -1.82. The first-order valence-electron chi connectivity index (χ1n) is 7.28. The molecule has 0 aliphatic rings. The van der Waals surface area contributed by atoms with Gasteiger partial charge >= 0.3 is 135 Å². The standard InChI is InChI=1S/C14H9N4.3CH3.Sn/c1-3-7-11(8-4-1)13-15-17-14(18-16-13)12-9-5-2-6-10-12;;;;/h1-5,7-10H;3*1H3;. The van der Waals surface area contributed by atoms with Crippen LogP contribution < -0.4 is 3.58 Å². The van der Waals surface area contributed by atoms with Crippen LogP contribution in [0.1, 0.15) is 0 Å². The van der Waals surface area contributed by atoms with Crippen LogP contribution in [0.2, 0.25) is 14.8 Å². The van der Waals surface area contributed by atoms with Gasteiger partial charge in [-0.1, -0.05) is 0 Å². The summed E-state index contributed by atoms with van der Waals surface area (Å²) < 4.78 is 1.45. The van der Waals surface area contributed by atoms with E-state index in [4.69, 9.17) is 0 Å². The number of benzene rings is 2. The summed E-state index contributed by atoms with van der Waals surface area (Å²) in [6.45, 7) is 0. The van der Waals surface area contributed by atoms with Gasteiger partial charge in [0.25, 0.3) is 0 Å². The summed E-state index contributed by atoms with van der Waals surface area (Å²) in [4.78, 5) is 7.18. The number of rotatable bonds is 3. The Morgan fingerprint density at radius 1 is 0.636 bits per heavy atom. The van der Waals surface area contributed by atoms with Gasteiger partial charge in [0.15, 0.2) is 0 Å². The molecule has 2 aromatic carbocycles. The molecule has 1 aromatic heterocycles. The molecule has 3 aromatic rings. The van der Waals surface area contributed by atoms with Crippen molar-refractivity contribution in [3.8, 4) is 22.8 Å². The molecule has 0 saturated heterocycles. The molecule has 110 valence electrons. The van der Waals surface area contributed by atoms with E-state index in [1.54, 1.807) is 0 Å². The molecule has 0 N–H and O–H groups in total. The van der Waals surface area contributed by atoms with Gasteiger partial charge in [-0.25, -0.2) is 0 Å². The molecule has 0 atom stereocenters. The SMILES string of the molecule is [CH3][Sn]([CH3])([CH3])[c]1cccc(-c2nnc(-c3ccccc3)nn2)c1. The van der Waals surface area contributed by atoms with Crippen LogP contribution in [0, 0.1) is 0 Å². The van der Waals surface area contributed by atoms with Crippen molar-refractivity contribution < 1.29 is 0 Å². The second-order valence-corrected chi connectivity index (χ2v) is 20.7. The third-order valence-electron chi connectivity index (χ3n) is 3.50. The van der Waals surface area contributed by atoms with Crippen molar-refractivity contribution in [2.75, 3.05) is 0 Å². The summed E-state index contributed by atoms with van der Waals surface area (Å²) in [5.41, 5.74) is 1.91. The van der Waals surface area contributed by atoms with E-state index in [9.17, 15) is 0 Å². The van der Waals surface area contributed by atoms with Crippen molar-refractivity contribution in [2.45, 2.75) is 14.8 Å². The minimum absolute atomic E-state index is 0.551. The molecule has 5 heteroatoms. The first kappa shape index (κ1) is 15.1. The van der Waals surface area contributed by atoms with Crippen molar-refractivity contribution in [1.29, 1.82) is 0 Å². The van der Waals surface area contributed by atoms with E-state index in [2.05, 4.69) is 53.4 Å². The van der Waals surface area contributed by atoms with Crippen molar-refractivity contribution in [3.05, 3.63) is 54.6 Å². The zero-order valence-electron chi connectivity index (χ0n) is 13.0. The van der Waals surface area contributed by atoms with Gasteiger partial charge in [0, 0.05) is 0 Å². The third-order valence-corrected chi connectivity index (χ3v) is 9.33. The van der Waals surface area contributed by atoms with Crippen molar-refractivity contribution in [3.63, 3.8) is 0 Å². The fourth-order valence-electron chi connectivity index (χ4n) is 2.17. The molecule has 0 unspecified atom stereocenters. The molecule has 0 radical (unpaired) electrons. The number of hydrogen-bond donors (Lipinski definition) is 0. The van der Waals surface area contributed by atoms with Gasteiger partial charge in [-0.2, -0.15) is 0 Å². The molecule has 0 aliphatic heterocycles. The maximum atomic E-state index is 4.25. The van der Waals surface area contributed by atoms with Gasteiger partial charge in [0.05, 0.1) is 0 Å². The van der Waals surface area contributed by atoms with E-state index in [1.807, 2.05) is 36.4 Å². The summed E-state index contributed by atoms with van der Waals surface area (Å²) in [6.07, 6.45) is 0. The number of aromatic nitrogens is 4. The molecule has 3 rings (SSSR count). The van der Waals surface area contributed by atoms with Crippen LogP contribution >= 0.6 is 0 Å². The molecule has 0 bridgehead atoms. The molecule has 0 saturated carbocycles. The Morgan fingerprint density at radius 3 is 1.77 bits per heavy atom. The third kappa shape index (κ3) is 3.32. The maximum absolute atomic E-state index is 4.25. The van der Waals surface area contributed by atoms with Crippen LogP contribution in [0.5, 0.6) is 0 Å². The molecule has 1 heterocycles. The van der Waals surface area contributed by atoms with Gasteiger partial charge < -0.3 is 0 Å². The fraction of sp³-hybridized carbons (Fsp3) is 0.176. The Labute approximate surface area is 134 Å². The second-order valence-electron chi connectivity index (χ2n) is 6.24. The summed E-state index contributed by atoms with van der Waals surface area (Å²) in [5.74, 6) is 1.13. The summed E-state index contributed by atoms with van der Waals surface area (Å²) in [6, 6.07) is 18.3. The molecule has 0 amide bonds. The van der Waals surface area contributed by atoms with Crippen LogP contribution in [0.25, 0.3) is 22.8 Å². The fourth-order valence-corrected chi connectivity index (χ4v) is 5.55. The van der Waals surface area contributed by atoms with Crippen LogP contribution in [0.3, 0.4) is 0 Å². The Morgan fingerprint density at radius 2 is 1.18 bits per heavy atom. The molecule has 4 nitrogen and oxygen atoms in total. The van der Waals surface area contributed by atoms with E-state index in [0.29, 0.717) is 11.6 Å². The molecule has 0 aliphatic carbocycles. The molecule has 22 heavy (non-hydrogen) atoms. The van der Waals surface area contributed by atoms with Crippen molar-refractivity contribution in [1.82, 2.24) is 20.4 Å². The van der Waals surface area contributed by atoms with E-state index in [1.165, 1.54) is 3.58 Å². The number of nitrogens with zero attached hydrogens (tertiary/aromatic N) is 4. The molecule has 0 spiro atoms. The van der Waals surface area contributed by atoms with E-state index in [0.717, 1.165) is 11.1 Å². The first-order chi connectivity index (χ1) is 10.5. The zero-order chi connectivity index (χ0) is 15.6. The van der Waals surface area contributed by atoms with Crippen LogP contribution in [-0.2, 0) is 0 Å². The van der Waals surface area contributed by atoms with Crippen LogP contribution in [0.4, 0.5) is 0 Å². The predicted octanol–water partition coefficient (Wildman–Crippen LogP) is 3.15. The first-order valence-corrected chi connectivity index (χ1v) is 17.3. The normalized spacial score (nSPS) is 11.4. The van der Waals surface area contributed by atoms with Crippen molar-refractivity contribution >= 4 is 22.0 Å². The molecular weight excluding hydrogens is 379 g/mol.